The molecule has 0 radical (unpaired) electrons. The molecule has 0 aromatic carbocycles. The maximum absolute atomic E-state index is 10.5. The molecule has 1 heterocycles. The van der Waals surface area contributed by atoms with Crippen molar-refractivity contribution in [3.05, 3.63) is 0 Å². The molecule has 23 heavy (non-hydrogen) atoms. The lowest BCUT2D eigenvalue weighted by molar-refractivity contribution is -0.125. The Morgan fingerprint density at radius 1 is 1.35 bits per heavy atom. The minimum atomic E-state index is -0.583. The van der Waals surface area contributed by atoms with E-state index in [4.69, 9.17) is 4.74 Å². The molecule has 5 nitrogen and oxygen atoms in total. The van der Waals surface area contributed by atoms with Gasteiger partial charge in [-0.2, -0.15) is 11.8 Å². The normalized spacial score (nSPS) is 36.2. The zero-order chi connectivity index (χ0) is 16.3. The molecule has 0 aromatic heterocycles. The first-order valence-electron chi connectivity index (χ1n) is 9.01. The first kappa shape index (κ1) is 17.4. The van der Waals surface area contributed by atoms with Crippen LogP contribution in [-0.4, -0.2) is 60.5 Å². The van der Waals surface area contributed by atoms with Crippen LogP contribution in [0.2, 0.25) is 0 Å². The van der Waals surface area contributed by atoms with Gasteiger partial charge in [0.15, 0.2) is 5.96 Å². The molecule has 3 atom stereocenters. The lowest BCUT2D eigenvalue weighted by atomic mass is 9.60. The van der Waals surface area contributed by atoms with Crippen molar-refractivity contribution in [3.8, 4) is 0 Å². The van der Waals surface area contributed by atoms with Gasteiger partial charge in [-0.15, -0.1) is 0 Å². The lowest BCUT2D eigenvalue weighted by Crippen LogP contribution is -2.65. The van der Waals surface area contributed by atoms with Crippen molar-refractivity contribution >= 4 is 17.7 Å². The molecule has 1 saturated heterocycles. The topological polar surface area (TPSA) is 65.9 Å². The number of aliphatic imine (C=N–C) groups is 1. The Balaban J connectivity index is 1.55. The van der Waals surface area contributed by atoms with Crippen molar-refractivity contribution in [1.29, 1.82) is 0 Å². The molecule has 0 aromatic rings. The van der Waals surface area contributed by atoms with Crippen molar-refractivity contribution in [1.82, 2.24) is 10.6 Å². The van der Waals surface area contributed by atoms with Gasteiger partial charge in [0.1, 0.15) is 0 Å². The van der Waals surface area contributed by atoms with Crippen LogP contribution in [0.3, 0.4) is 0 Å². The van der Waals surface area contributed by atoms with Gasteiger partial charge >= 0.3 is 0 Å². The van der Waals surface area contributed by atoms with Crippen molar-refractivity contribution < 1.29 is 9.84 Å². The standard InChI is InChI=1S/C17H31N3O2S/c1-3-22-14-10-13(17(14)6-4-5-7-17)20-15(18-2)19-11-16(21)8-9-23-12-16/h13-14,21H,3-12H2,1-2H3,(H2,18,19,20). The summed E-state index contributed by atoms with van der Waals surface area (Å²) >= 11 is 1.82. The number of hydrogen-bond donors (Lipinski definition) is 3. The average molecular weight is 342 g/mol. The Morgan fingerprint density at radius 2 is 2.13 bits per heavy atom. The number of hydrogen-bond acceptors (Lipinski definition) is 4. The second-order valence-corrected chi connectivity index (χ2v) is 8.37. The molecule has 0 amide bonds. The van der Waals surface area contributed by atoms with Crippen LogP contribution in [0, 0.1) is 5.41 Å². The molecular formula is C17H31N3O2S. The van der Waals surface area contributed by atoms with E-state index >= 15 is 0 Å². The number of nitrogens with one attached hydrogen (secondary N) is 2. The Kier molecular flexibility index (Phi) is 5.43. The highest BCUT2D eigenvalue weighted by atomic mass is 32.2. The molecule has 132 valence electrons. The van der Waals surface area contributed by atoms with Crippen LogP contribution in [0.15, 0.2) is 4.99 Å². The predicted molar refractivity (Wildman–Crippen MR) is 96.1 cm³/mol. The molecule has 1 aliphatic heterocycles. The number of guanidine groups is 1. The fraction of sp³-hybridized carbons (Fsp3) is 0.941. The number of aliphatic hydroxyl groups is 1. The SMILES string of the molecule is CCOC1CC(NC(=NC)NCC2(O)CCSC2)C12CCCC2. The third kappa shape index (κ3) is 3.49. The molecule has 1 spiro atoms. The van der Waals surface area contributed by atoms with Crippen molar-refractivity contribution in [2.75, 3.05) is 31.7 Å². The Bertz CT molecular complexity index is 432. The predicted octanol–water partition coefficient (Wildman–Crippen LogP) is 1.76. The minimum Gasteiger partial charge on any atom is -0.387 e. The van der Waals surface area contributed by atoms with Crippen LogP contribution in [0.5, 0.6) is 0 Å². The summed E-state index contributed by atoms with van der Waals surface area (Å²) in [4.78, 5) is 4.36. The van der Waals surface area contributed by atoms with Gasteiger partial charge in [0.2, 0.25) is 0 Å². The molecule has 3 aliphatic rings. The fourth-order valence-electron chi connectivity index (χ4n) is 4.43. The van der Waals surface area contributed by atoms with Crippen LogP contribution < -0.4 is 10.6 Å². The maximum atomic E-state index is 10.5. The van der Waals surface area contributed by atoms with E-state index in [-0.39, 0.29) is 0 Å². The zero-order valence-electron chi connectivity index (χ0n) is 14.4. The minimum absolute atomic E-state index is 0.299. The van der Waals surface area contributed by atoms with Crippen molar-refractivity contribution in [3.63, 3.8) is 0 Å². The first-order chi connectivity index (χ1) is 11.1. The van der Waals surface area contributed by atoms with E-state index in [0.717, 1.165) is 36.9 Å². The van der Waals surface area contributed by atoms with Gasteiger partial charge in [-0.3, -0.25) is 4.99 Å². The third-order valence-corrected chi connectivity index (χ3v) is 7.12. The smallest absolute Gasteiger partial charge is 0.191 e. The molecule has 3 unspecified atom stereocenters. The van der Waals surface area contributed by atoms with E-state index in [1.165, 1.54) is 25.7 Å². The maximum Gasteiger partial charge on any atom is 0.191 e. The Hall–Kier alpha value is -0.460. The van der Waals surface area contributed by atoms with Crippen LogP contribution >= 0.6 is 11.8 Å². The van der Waals surface area contributed by atoms with E-state index in [1.54, 1.807) is 0 Å². The van der Waals surface area contributed by atoms with Crippen LogP contribution in [0.4, 0.5) is 0 Å². The van der Waals surface area contributed by atoms with Crippen LogP contribution in [-0.2, 0) is 4.74 Å². The molecule has 3 fully saturated rings. The van der Waals surface area contributed by atoms with Crippen LogP contribution in [0.25, 0.3) is 0 Å². The fourth-order valence-corrected chi connectivity index (χ4v) is 5.73. The van der Waals surface area contributed by atoms with Gasteiger partial charge in [-0.1, -0.05) is 12.8 Å². The molecule has 6 heteroatoms. The average Bonchev–Trinajstić information content (AvgIpc) is 3.20. The summed E-state index contributed by atoms with van der Waals surface area (Å²) in [7, 11) is 1.81. The molecule has 3 N–H and O–H groups in total. The van der Waals surface area contributed by atoms with E-state index in [0.29, 0.717) is 24.1 Å². The summed E-state index contributed by atoms with van der Waals surface area (Å²) in [5, 5.41) is 17.4. The van der Waals surface area contributed by atoms with Crippen molar-refractivity contribution in [2.24, 2.45) is 10.4 Å². The molecule has 2 saturated carbocycles. The lowest BCUT2D eigenvalue weighted by Gasteiger charge is -2.54. The largest absolute Gasteiger partial charge is 0.387 e. The summed E-state index contributed by atoms with van der Waals surface area (Å²) in [5.74, 6) is 2.68. The summed E-state index contributed by atoms with van der Waals surface area (Å²) in [6.07, 6.45) is 7.46. The summed E-state index contributed by atoms with van der Waals surface area (Å²) in [5.41, 5.74) is -0.283. The van der Waals surface area contributed by atoms with Gasteiger partial charge in [-0.05, 0) is 38.4 Å². The molecule has 2 aliphatic carbocycles. The molecule has 3 rings (SSSR count). The van der Waals surface area contributed by atoms with E-state index in [9.17, 15) is 5.11 Å². The Morgan fingerprint density at radius 3 is 2.74 bits per heavy atom. The number of ether oxygens (including phenoxy) is 1. The Labute approximate surface area is 144 Å². The van der Waals surface area contributed by atoms with Crippen molar-refractivity contribution in [2.45, 2.75) is 63.2 Å². The second-order valence-electron chi connectivity index (χ2n) is 7.27. The molecule has 0 bridgehead atoms. The summed E-state index contributed by atoms with van der Waals surface area (Å²) in [6.45, 7) is 3.47. The van der Waals surface area contributed by atoms with Gasteiger partial charge < -0.3 is 20.5 Å². The van der Waals surface area contributed by atoms with E-state index in [2.05, 4.69) is 22.5 Å². The van der Waals surface area contributed by atoms with Gasteiger partial charge in [0.25, 0.3) is 0 Å². The van der Waals surface area contributed by atoms with Gasteiger partial charge in [-0.25, -0.2) is 0 Å². The highest BCUT2D eigenvalue weighted by Gasteiger charge is 2.57. The van der Waals surface area contributed by atoms with E-state index < -0.39 is 5.60 Å². The summed E-state index contributed by atoms with van der Waals surface area (Å²) in [6, 6.07) is 0.445. The highest BCUT2D eigenvalue weighted by molar-refractivity contribution is 7.99. The van der Waals surface area contributed by atoms with Gasteiger partial charge in [0, 0.05) is 37.4 Å². The van der Waals surface area contributed by atoms with E-state index in [1.807, 2.05) is 18.8 Å². The quantitative estimate of drug-likeness (QED) is 0.525. The highest BCUT2D eigenvalue weighted by Crippen LogP contribution is 2.54. The summed E-state index contributed by atoms with van der Waals surface area (Å²) < 4.78 is 5.98. The number of nitrogens with zero attached hydrogens (tertiary/aromatic N) is 1. The number of rotatable bonds is 5. The number of thioether (sulfide) groups is 1. The second kappa shape index (κ2) is 7.19. The first-order valence-corrected chi connectivity index (χ1v) is 10.2. The van der Waals surface area contributed by atoms with Gasteiger partial charge in [0.05, 0.1) is 11.7 Å². The monoisotopic (exact) mass is 341 g/mol. The zero-order valence-corrected chi connectivity index (χ0v) is 15.3. The third-order valence-electron chi connectivity index (χ3n) is 5.89. The molecular weight excluding hydrogens is 310 g/mol. The van der Waals surface area contributed by atoms with Crippen LogP contribution in [0.1, 0.15) is 45.4 Å².